The molecule has 2 fully saturated rings. The molecule has 0 aliphatic carbocycles. The Morgan fingerprint density at radius 2 is 0.710 bits per heavy atom. The zero-order valence-corrected chi connectivity index (χ0v) is 56.2. The summed E-state index contributed by atoms with van der Waals surface area (Å²) in [4.78, 5) is 52.5. The van der Waals surface area contributed by atoms with Gasteiger partial charge in [0.25, 0.3) is 0 Å². The quantitative estimate of drug-likeness (QED) is 0.0246. The highest BCUT2D eigenvalue weighted by atomic mass is 16.5. The van der Waals surface area contributed by atoms with Gasteiger partial charge in [0.05, 0.1) is 28.9 Å². The zero-order chi connectivity index (χ0) is 70.6. The van der Waals surface area contributed by atoms with Crippen LogP contribution in [0.5, 0.6) is 5.75 Å². The highest BCUT2D eigenvalue weighted by Gasteiger charge is 2.18. The SMILES string of the molecule is C#CCCCOC(=O)c1ccc(-c2nnnn2C)cc1.Cc1ccc(-c2nnnn2C)cc1.Cn1nnnc1-c1ccc(C(=O)OCCN2CCCC2)cc1.Cn1nnnc1-c1ccc(C(=O)OCCN2CCCCC2)cc1.Cn1nnnc1-c1ccc(C(=O)Oc2cc[n+](O)cc2)cc1. The van der Waals surface area contributed by atoms with Crippen LogP contribution in [0.2, 0.25) is 0 Å². The van der Waals surface area contributed by atoms with Crippen molar-refractivity contribution in [3.05, 3.63) is 174 Å². The Bertz CT molecular complexity index is 4400. The summed E-state index contributed by atoms with van der Waals surface area (Å²) >= 11 is 0. The van der Waals surface area contributed by atoms with Crippen LogP contribution >= 0.6 is 0 Å². The Morgan fingerprint density at radius 3 is 1.01 bits per heavy atom. The van der Waals surface area contributed by atoms with E-state index in [0.717, 1.165) is 77.6 Å². The van der Waals surface area contributed by atoms with Gasteiger partial charge in [-0.25, -0.2) is 42.6 Å². The third kappa shape index (κ3) is 21.1. The van der Waals surface area contributed by atoms with Crippen LogP contribution in [0.3, 0.4) is 0 Å². The van der Waals surface area contributed by atoms with Crippen LogP contribution in [0, 0.1) is 19.3 Å². The van der Waals surface area contributed by atoms with E-state index in [-0.39, 0.29) is 17.9 Å². The molecule has 32 heteroatoms. The number of esters is 4. The molecule has 0 atom stereocenters. The minimum absolute atomic E-state index is 0.287. The lowest BCUT2D eigenvalue weighted by Crippen LogP contribution is -2.33. The van der Waals surface area contributed by atoms with Crippen molar-refractivity contribution in [3.63, 3.8) is 0 Å². The van der Waals surface area contributed by atoms with Crippen molar-refractivity contribution >= 4 is 23.9 Å². The first-order valence-corrected chi connectivity index (χ1v) is 32.0. The summed E-state index contributed by atoms with van der Waals surface area (Å²) in [6.45, 7) is 9.33. The highest BCUT2D eigenvalue weighted by Crippen LogP contribution is 2.22. The number of benzene rings is 5. The van der Waals surface area contributed by atoms with Crippen LogP contribution in [0.4, 0.5) is 0 Å². The molecule has 11 aromatic rings. The number of carbonyl (C=O) groups is 4. The van der Waals surface area contributed by atoms with Gasteiger partial charge < -0.3 is 18.9 Å². The lowest BCUT2D eigenvalue weighted by atomic mass is 10.1. The fourth-order valence-corrected chi connectivity index (χ4v) is 10.0. The van der Waals surface area contributed by atoms with Crippen molar-refractivity contribution in [2.24, 2.45) is 35.2 Å². The number of carbonyl (C=O) groups excluding carboxylic acids is 4. The van der Waals surface area contributed by atoms with E-state index in [1.807, 2.05) is 55.6 Å². The number of tetrazole rings is 5. The molecule has 13 rings (SSSR count). The maximum Gasteiger partial charge on any atom is 0.343 e. The summed E-state index contributed by atoms with van der Waals surface area (Å²) in [5, 5.41) is 65.5. The number of nitrogens with zero attached hydrogens (tertiary/aromatic N) is 23. The number of aromatic nitrogens is 21. The number of rotatable bonds is 19. The molecule has 6 aromatic heterocycles. The number of pyridine rings is 1. The second-order valence-electron chi connectivity index (χ2n) is 22.8. The third-order valence-electron chi connectivity index (χ3n) is 15.5. The van der Waals surface area contributed by atoms with Crippen molar-refractivity contribution in [1.82, 2.24) is 111 Å². The molecule has 5 aromatic carbocycles. The number of unbranched alkanes of at least 4 members (excludes halogenated alkanes) is 1. The van der Waals surface area contributed by atoms with E-state index in [4.69, 9.17) is 30.6 Å². The van der Waals surface area contributed by atoms with Crippen LogP contribution in [-0.2, 0) is 49.4 Å². The Balaban J connectivity index is 0.000000147. The van der Waals surface area contributed by atoms with Gasteiger partial charge in [-0.05, 0) is 166 Å². The smallest absolute Gasteiger partial charge is 0.343 e. The maximum atomic E-state index is 12.1. The number of ether oxygens (including phenoxy) is 4. The predicted molar refractivity (Wildman–Crippen MR) is 360 cm³/mol. The van der Waals surface area contributed by atoms with E-state index in [0.29, 0.717) is 84.0 Å². The van der Waals surface area contributed by atoms with Crippen LogP contribution in [0.1, 0.15) is 91.9 Å². The molecule has 516 valence electrons. The standard InChI is InChI=1S/C16H21N5O2.C15H19N5O2.C14H12N5O3.C14H14N4O2.C9H10N4/c1-20-15(17-18-19-20)13-5-7-14(8-6-13)16(22)23-12-11-21-9-3-2-4-10-21;1-19-14(16-17-18-19)12-4-6-13(7-5-12)15(21)22-11-10-20-8-2-3-9-20;1-18-13(15-16-17-18)10-2-4-11(5-3-10)14(20)22-12-6-8-19(21)9-7-12;1-3-4-5-10-20-14(19)12-8-6-11(7-9-12)13-15-16-17-18(13)2;1-7-3-5-8(6-4-7)9-10-11-12-13(9)2/h5-8H,2-4,9-12H2,1H3;4-7H,2-3,8-11H2,1H3;2-9,21H,1H3;1,6-9H,4-5,10H2,2H3;3-6H,1-2H3/q;;+1;;. The molecule has 100 heavy (non-hydrogen) atoms. The molecule has 0 amide bonds. The normalized spacial score (nSPS) is 12.5. The lowest BCUT2D eigenvalue weighted by Gasteiger charge is -2.25. The first-order chi connectivity index (χ1) is 48.6. The number of hydrogen-bond acceptors (Lipinski definition) is 26. The molecule has 0 spiro atoms. The lowest BCUT2D eigenvalue weighted by molar-refractivity contribution is -0.904. The molecule has 0 unspecified atom stereocenters. The molecule has 1 N–H and O–H groups in total. The summed E-state index contributed by atoms with van der Waals surface area (Å²) in [5.74, 6) is 4.78. The average molecular weight is 1360 g/mol. The number of likely N-dealkylation sites (tertiary alicyclic amines) is 2. The largest absolute Gasteiger partial charge is 0.462 e. The second kappa shape index (κ2) is 36.8. The monoisotopic (exact) mass is 1360 g/mol. The third-order valence-corrected chi connectivity index (χ3v) is 15.5. The van der Waals surface area contributed by atoms with Crippen molar-refractivity contribution in [2.75, 3.05) is 59.1 Å². The average Bonchev–Trinajstić information content (AvgIpc) is 1.62. The number of piperidine rings is 1. The summed E-state index contributed by atoms with van der Waals surface area (Å²) in [6, 6.07) is 39.1. The maximum absolute atomic E-state index is 12.1. The molecular weight excluding hydrogens is 1280 g/mol. The second-order valence-corrected chi connectivity index (χ2v) is 22.8. The summed E-state index contributed by atoms with van der Waals surface area (Å²) in [6.07, 6.45) is 15.4. The Hall–Kier alpha value is -12.2. The Kier molecular flexibility index (Phi) is 26.5. The first-order valence-electron chi connectivity index (χ1n) is 32.0. The van der Waals surface area contributed by atoms with E-state index in [1.165, 1.54) is 62.2 Å². The number of aryl methyl sites for hydroxylation is 6. The topological polar surface area (TPSA) is 354 Å². The van der Waals surface area contributed by atoms with Crippen molar-refractivity contribution < 1.29 is 48.1 Å². The molecule has 2 aliphatic rings. The minimum atomic E-state index is -0.488. The van der Waals surface area contributed by atoms with Gasteiger partial charge in [0.15, 0.2) is 29.1 Å². The van der Waals surface area contributed by atoms with Gasteiger partial charge in [0.2, 0.25) is 12.4 Å². The fraction of sp³-hybridized carbons (Fsp3) is 0.324. The van der Waals surface area contributed by atoms with E-state index < -0.39 is 5.97 Å². The number of terminal acetylenes is 1. The van der Waals surface area contributed by atoms with Crippen molar-refractivity contribution in [2.45, 2.75) is 51.9 Å². The highest BCUT2D eigenvalue weighted by molar-refractivity contribution is 5.92. The first kappa shape index (κ1) is 72.0. The Morgan fingerprint density at radius 1 is 0.420 bits per heavy atom. The predicted octanol–water partition coefficient (Wildman–Crippen LogP) is 5.90. The Labute approximate surface area is 575 Å². The van der Waals surface area contributed by atoms with E-state index in [2.05, 4.69) is 100 Å². The van der Waals surface area contributed by atoms with Crippen molar-refractivity contribution in [1.29, 1.82) is 0 Å². The molecule has 0 saturated carbocycles. The minimum Gasteiger partial charge on any atom is -0.462 e. The van der Waals surface area contributed by atoms with Gasteiger partial charge in [0.1, 0.15) is 19.0 Å². The van der Waals surface area contributed by atoms with E-state index in [9.17, 15) is 19.2 Å². The zero-order valence-electron chi connectivity index (χ0n) is 56.2. The van der Waals surface area contributed by atoms with Gasteiger partial charge in [-0.2, -0.15) is 0 Å². The number of hydrogen-bond donors (Lipinski definition) is 1. The van der Waals surface area contributed by atoms with Crippen LogP contribution in [0.15, 0.2) is 146 Å². The van der Waals surface area contributed by atoms with Crippen molar-refractivity contribution in [3.8, 4) is 75.0 Å². The summed E-state index contributed by atoms with van der Waals surface area (Å²) in [5.41, 5.74) is 7.61. The molecule has 2 aliphatic heterocycles. The molecule has 0 bridgehead atoms. The van der Waals surface area contributed by atoms with Gasteiger partial charge in [0, 0.05) is 99.4 Å². The fourth-order valence-electron chi connectivity index (χ4n) is 10.0. The molecule has 0 radical (unpaired) electrons. The summed E-state index contributed by atoms with van der Waals surface area (Å²) in [7, 11) is 8.87. The van der Waals surface area contributed by atoms with E-state index in [1.54, 1.807) is 124 Å². The molecule has 8 heterocycles. The van der Waals surface area contributed by atoms with Gasteiger partial charge in [-0.1, -0.05) is 84.8 Å². The summed E-state index contributed by atoms with van der Waals surface area (Å²) < 4.78 is 29.8. The van der Waals surface area contributed by atoms with Crippen LogP contribution in [-0.4, -0.2) is 199 Å². The molecule has 32 nitrogen and oxygen atoms in total. The van der Waals surface area contributed by atoms with Gasteiger partial charge >= 0.3 is 23.9 Å². The molecule has 2 saturated heterocycles. The van der Waals surface area contributed by atoms with Crippen LogP contribution in [0.25, 0.3) is 56.9 Å². The van der Waals surface area contributed by atoms with Crippen LogP contribution < -0.4 is 9.47 Å². The van der Waals surface area contributed by atoms with Gasteiger partial charge in [-0.3, -0.25) is 15.0 Å². The van der Waals surface area contributed by atoms with Gasteiger partial charge in [-0.15, -0.1) is 37.8 Å². The molecular formula is C68H76N23O9+. The van der Waals surface area contributed by atoms with E-state index >= 15 is 0 Å².